The lowest BCUT2D eigenvalue weighted by atomic mass is 10.2. The molecule has 6 nitrogen and oxygen atoms in total. The van der Waals surface area contributed by atoms with E-state index in [1.54, 1.807) is 36.1 Å². The number of nitrogens with zero attached hydrogens (tertiary/aromatic N) is 2. The number of aliphatic hydroxyl groups is 1. The zero-order valence-electron chi connectivity index (χ0n) is 12.7. The molecule has 0 unspecified atom stereocenters. The number of hydrogen-bond acceptors (Lipinski definition) is 5. The molecule has 126 valence electrons. The van der Waals surface area contributed by atoms with Crippen LogP contribution in [0, 0.1) is 0 Å². The van der Waals surface area contributed by atoms with Gasteiger partial charge in [-0.3, -0.25) is 4.68 Å². The summed E-state index contributed by atoms with van der Waals surface area (Å²) in [4.78, 5) is 0. The van der Waals surface area contributed by atoms with E-state index >= 15 is 0 Å². The quantitative estimate of drug-likeness (QED) is 0.740. The number of anilines is 1. The molecular weight excluding hydrogens is 308 g/mol. The van der Waals surface area contributed by atoms with Crippen LogP contribution in [0.5, 0.6) is 11.5 Å². The molecule has 0 radical (unpaired) electrons. The molecule has 1 aromatic carbocycles. The number of nitrogens with one attached hydrogen (secondary N) is 1. The van der Waals surface area contributed by atoms with Crippen molar-refractivity contribution in [1.82, 2.24) is 9.78 Å². The maximum absolute atomic E-state index is 12.4. The zero-order valence-corrected chi connectivity index (χ0v) is 12.7. The van der Waals surface area contributed by atoms with Gasteiger partial charge >= 0.3 is 6.61 Å². The lowest BCUT2D eigenvalue weighted by molar-refractivity contribution is -0.0514. The fourth-order valence-corrected chi connectivity index (χ4v) is 2.01. The Hall–Kier alpha value is -2.35. The van der Waals surface area contributed by atoms with Crippen LogP contribution in [-0.2, 0) is 13.1 Å². The molecule has 1 aromatic heterocycles. The minimum Gasteiger partial charge on any atom is -0.490 e. The summed E-state index contributed by atoms with van der Waals surface area (Å²) in [6.07, 6.45) is 3.42. The van der Waals surface area contributed by atoms with E-state index in [1.807, 2.05) is 0 Å². The maximum atomic E-state index is 12.4. The Kier molecular flexibility index (Phi) is 6.16. The molecule has 0 fully saturated rings. The molecule has 0 bridgehead atoms. The van der Waals surface area contributed by atoms with Crippen LogP contribution in [-0.4, -0.2) is 34.7 Å². The first-order valence-corrected chi connectivity index (χ1v) is 7.20. The zero-order chi connectivity index (χ0) is 16.7. The van der Waals surface area contributed by atoms with E-state index in [9.17, 15) is 8.78 Å². The Morgan fingerprint density at radius 2 is 2.17 bits per heavy atom. The average molecular weight is 327 g/mol. The molecule has 0 aliphatic carbocycles. The normalized spacial score (nSPS) is 10.8. The number of rotatable bonds is 9. The third kappa shape index (κ3) is 5.10. The van der Waals surface area contributed by atoms with E-state index in [1.165, 1.54) is 6.07 Å². The minimum atomic E-state index is -2.89. The third-order valence-electron chi connectivity index (χ3n) is 2.98. The summed E-state index contributed by atoms with van der Waals surface area (Å²) in [7, 11) is 0. The van der Waals surface area contributed by atoms with Crippen molar-refractivity contribution >= 4 is 5.69 Å². The Balaban J connectivity index is 2.02. The molecule has 2 aromatic rings. The SMILES string of the molecule is CCOc1cc(CNc2cnn(CCO)c2)ccc1OC(F)F. The van der Waals surface area contributed by atoms with Crippen molar-refractivity contribution in [3.05, 3.63) is 36.2 Å². The fraction of sp³-hybridized carbons (Fsp3) is 0.400. The van der Waals surface area contributed by atoms with E-state index in [-0.39, 0.29) is 18.1 Å². The monoisotopic (exact) mass is 327 g/mol. The molecule has 0 spiro atoms. The van der Waals surface area contributed by atoms with Crippen molar-refractivity contribution in [2.24, 2.45) is 0 Å². The Morgan fingerprint density at radius 3 is 2.87 bits per heavy atom. The fourth-order valence-electron chi connectivity index (χ4n) is 2.01. The molecule has 1 heterocycles. The molecular formula is C15H19F2N3O3. The van der Waals surface area contributed by atoms with E-state index in [0.717, 1.165) is 11.3 Å². The predicted molar refractivity (Wildman–Crippen MR) is 80.9 cm³/mol. The van der Waals surface area contributed by atoms with Crippen LogP contribution < -0.4 is 14.8 Å². The molecule has 0 aliphatic heterocycles. The number of alkyl halides is 2. The van der Waals surface area contributed by atoms with Crippen LogP contribution >= 0.6 is 0 Å². The molecule has 8 heteroatoms. The highest BCUT2D eigenvalue weighted by atomic mass is 19.3. The molecule has 0 atom stereocenters. The van der Waals surface area contributed by atoms with Gasteiger partial charge in [0.1, 0.15) is 0 Å². The highest BCUT2D eigenvalue weighted by molar-refractivity contribution is 5.45. The van der Waals surface area contributed by atoms with E-state index in [2.05, 4.69) is 15.2 Å². The molecule has 0 aliphatic rings. The van der Waals surface area contributed by atoms with Crippen LogP contribution in [0.4, 0.5) is 14.5 Å². The lowest BCUT2D eigenvalue weighted by Gasteiger charge is -2.13. The van der Waals surface area contributed by atoms with Gasteiger partial charge in [-0.15, -0.1) is 0 Å². The number of hydrogen-bond donors (Lipinski definition) is 2. The van der Waals surface area contributed by atoms with E-state index in [4.69, 9.17) is 9.84 Å². The first kappa shape index (κ1) is 17.0. The second kappa shape index (κ2) is 8.33. The molecule has 0 saturated heterocycles. The summed E-state index contributed by atoms with van der Waals surface area (Å²) in [5.41, 5.74) is 1.65. The molecule has 2 N–H and O–H groups in total. The summed E-state index contributed by atoms with van der Waals surface area (Å²) in [5, 5.41) is 16.1. The first-order valence-electron chi connectivity index (χ1n) is 7.20. The van der Waals surface area contributed by atoms with Gasteiger partial charge in [0.05, 0.1) is 31.6 Å². The highest BCUT2D eigenvalue weighted by Crippen LogP contribution is 2.30. The van der Waals surface area contributed by atoms with E-state index < -0.39 is 6.61 Å². The van der Waals surface area contributed by atoms with Crippen molar-refractivity contribution in [3.63, 3.8) is 0 Å². The van der Waals surface area contributed by atoms with Gasteiger partial charge in [0.15, 0.2) is 11.5 Å². The summed E-state index contributed by atoms with van der Waals surface area (Å²) in [6, 6.07) is 4.81. The molecule has 0 saturated carbocycles. The van der Waals surface area contributed by atoms with Crippen molar-refractivity contribution in [3.8, 4) is 11.5 Å². The summed E-state index contributed by atoms with van der Waals surface area (Å²) >= 11 is 0. The second-order valence-electron chi connectivity index (χ2n) is 4.66. The van der Waals surface area contributed by atoms with Gasteiger partial charge < -0.3 is 19.9 Å². The van der Waals surface area contributed by atoms with Crippen molar-refractivity contribution in [2.75, 3.05) is 18.5 Å². The van der Waals surface area contributed by atoms with Gasteiger partial charge in [0.2, 0.25) is 0 Å². The van der Waals surface area contributed by atoms with Crippen molar-refractivity contribution < 1.29 is 23.4 Å². The Bertz CT molecular complexity index is 620. The van der Waals surface area contributed by atoms with Gasteiger partial charge in [-0.25, -0.2) is 0 Å². The standard InChI is InChI=1S/C15H19F2N3O3/c1-2-22-14-7-11(3-4-13(14)23-15(16)17)8-18-12-9-19-20(10-12)5-6-21/h3-4,7,9-10,15,18,21H,2,5-6,8H2,1H3. The van der Waals surface area contributed by atoms with E-state index in [0.29, 0.717) is 19.7 Å². The van der Waals surface area contributed by atoms with Crippen LogP contribution in [0.1, 0.15) is 12.5 Å². The number of aromatic nitrogens is 2. The first-order chi connectivity index (χ1) is 11.1. The predicted octanol–water partition coefficient (Wildman–Crippen LogP) is 2.49. The third-order valence-corrected chi connectivity index (χ3v) is 2.98. The average Bonchev–Trinajstić information content (AvgIpc) is 2.95. The van der Waals surface area contributed by atoms with Crippen molar-refractivity contribution in [1.29, 1.82) is 0 Å². The van der Waals surface area contributed by atoms with Crippen molar-refractivity contribution in [2.45, 2.75) is 26.6 Å². The van der Waals surface area contributed by atoms with Crippen LogP contribution in [0.25, 0.3) is 0 Å². The van der Waals surface area contributed by atoms with Gasteiger partial charge in [-0.05, 0) is 24.6 Å². The maximum Gasteiger partial charge on any atom is 0.387 e. The number of aliphatic hydroxyl groups excluding tert-OH is 1. The van der Waals surface area contributed by atoms with Gasteiger partial charge in [0.25, 0.3) is 0 Å². The molecule has 0 amide bonds. The van der Waals surface area contributed by atoms with Gasteiger partial charge in [-0.1, -0.05) is 6.07 Å². The van der Waals surface area contributed by atoms with Crippen LogP contribution in [0.15, 0.2) is 30.6 Å². The topological polar surface area (TPSA) is 68.5 Å². The van der Waals surface area contributed by atoms with Crippen LogP contribution in [0.2, 0.25) is 0 Å². The summed E-state index contributed by atoms with van der Waals surface area (Å²) in [5.74, 6) is 0.296. The molecule has 2 rings (SSSR count). The van der Waals surface area contributed by atoms with Gasteiger partial charge in [-0.2, -0.15) is 13.9 Å². The Labute approximate surface area is 132 Å². The lowest BCUT2D eigenvalue weighted by Crippen LogP contribution is -2.06. The Morgan fingerprint density at radius 1 is 1.35 bits per heavy atom. The summed E-state index contributed by atoms with van der Waals surface area (Å²) < 4.78 is 36.1. The van der Waals surface area contributed by atoms with Gasteiger partial charge in [0, 0.05) is 12.7 Å². The number of halogens is 2. The van der Waals surface area contributed by atoms with Crippen LogP contribution in [0.3, 0.4) is 0 Å². The minimum absolute atomic E-state index is 0.0152. The molecule has 23 heavy (non-hydrogen) atoms. The number of benzene rings is 1. The second-order valence-corrected chi connectivity index (χ2v) is 4.66. The smallest absolute Gasteiger partial charge is 0.387 e. The largest absolute Gasteiger partial charge is 0.490 e. The number of ether oxygens (including phenoxy) is 2. The summed E-state index contributed by atoms with van der Waals surface area (Å²) in [6.45, 7) is 0.146. The highest BCUT2D eigenvalue weighted by Gasteiger charge is 2.11.